The Morgan fingerprint density at radius 3 is 2.94 bits per heavy atom. The molecule has 0 aromatic carbocycles. The van der Waals surface area contributed by atoms with Crippen molar-refractivity contribution in [2.75, 3.05) is 26.3 Å². The number of ether oxygens (including phenoxy) is 1. The third-order valence-electron chi connectivity index (χ3n) is 2.40. The van der Waals surface area contributed by atoms with Gasteiger partial charge in [-0.15, -0.1) is 16.9 Å². The fourth-order valence-electron chi connectivity index (χ4n) is 1.49. The summed E-state index contributed by atoms with van der Waals surface area (Å²) in [6.07, 6.45) is 6.53. The van der Waals surface area contributed by atoms with Crippen LogP contribution in [0.15, 0.2) is 12.4 Å². The lowest BCUT2D eigenvalue weighted by atomic mass is 10.4. The van der Waals surface area contributed by atoms with Crippen LogP contribution in [-0.4, -0.2) is 41.3 Å². The molecule has 0 radical (unpaired) electrons. The summed E-state index contributed by atoms with van der Waals surface area (Å²) < 4.78 is 7.28. The molecule has 0 aliphatic carbocycles. The Morgan fingerprint density at radius 1 is 1.28 bits per heavy atom. The molecule has 0 bridgehead atoms. The molecule has 0 atom stereocenters. The normalized spacial score (nSPS) is 10.1. The third kappa shape index (κ3) is 7.82. The molecule has 5 heteroatoms. The van der Waals surface area contributed by atoms with Crippen LogP contribution in [0, 0.1) is 11.8 Å². The first-order valence-corrected chi connectivity index (χ1v) is 6.45. The Balaban J connectivity index is 1.77. The van der Waals surface area contributed by atoms with Gasteiger partial charge in [-0.2, -0.15) is 0 Å². The van der Waals surface area contributed by atoms with Crippen molar-refractivity contribution in [2.45, 2.75) is 32.7 Å². The summed E-state index contributed by atoms with van der Waals surface area (Å²) in [4.78, 5) is 0. The molecular formula is C13H22N4O. The molecule has 0 saturated heterocycles. The van der Waals surface area contributed by atoms with Gasteiger partial charge < -0.3 is 10.1 Å². The van der Waals surface area contributed by atoms with E-state index in [1.807, 2.05) is 17.8 Å². The summed E-state index contributed by atoms with van der Waals surface area (Å²) in [6.45, 7) is 6.31. The molecule has 1 heterocycles. The summed E-state index contributed by atoms with van der Waals surface area (Å²) >= 11 is 0. The summed E-state index contributed by atoms with van der Waals surface area (Å²) in [5.74, 6) is 5.83. The van der Waals surface area contributed by atoms with Gasteiger partial charge in [0.25, 0.3) is 0 Å². The first-order chi connectivity index (χ1) is 8.93. The largest absolute Gasteiger partial charge is 0.380 e. The van der Waals surface area contributed by atoms with E-state index in [9.17, 15) is 0 Å². The second-order valence-electron chi connectivity index (χ2n) is 3.91. The molecule has 100 valence electrons. The van der Waals surface area contributed by atoms with Gasteiger partial charge in [0.2, 0.25) is 0 Å². The molecule has 1 rings (SSSR count). The van der Waals surface area contributed by atoms with E-state index in [-0.39, 0.29) is 0 Å². The number of nitrogens with zero attached hydrogens (tertiary/aromatic N) is 3. The number of hydrogen-bond acceptors (Lipinski definition) is 4. The highest BCUT2D eigenvalue weighted by Gasteiger charge is 1.92. The molecule has 0 fully saturated rings. The summed E-state index contributed by atoms with van der Waals surface area (Å²) in [6, 6.07) is 0. The van der Waals surface area contributed by atoms with E-state index in [2.05, 4.69) is 27.5 Å². The highest BCUT2D eigenvalue weighted by Crippen LogP contribution is 1.87. The van der Waals surface area contributed by atoms with Crippen LogP contribution in [0.4, 0.5) is 0 Å². The molecule has 1 aromatic heterocycles. The van der Waals surface area contributed by atoms with Gasteiger partial charge >= 0.3 is 0 Å². The van der Waals surface area contributed by atoms with E-state index in [0.29, 0.717) is 0 Å². The van der Waals surface area contributed by atoms with Gasteiger partial charge in [-0.1, -0.05) is 5.21 Å². The Kier molecular flexibility index (Phi) is 8.77. The molecule has 1 N–H and O–H groups in total. The van der Waals surface area contributed by atoms with Crippen molar-refractivity contribution >= 4 is 0 Å². The Bertz CT molecular complexity index is 340. The number of hydrogen-bond donors (Lipinski definition) is 1. The lowest BCUT2D eigenvalue weighted by Gasteiger charge is -2.05. The van der Waals surface area contributed by atoms with Crippen LogP contribution in [0.25, 0.3) is 0 Å². The minimum Gasteiger partial charge on any atom is -0.380 e. The van der Waals surface area contributed by atoms with E-state index >= 15 is 0 Å². The monoisotopic (exact) mass is 250 g/mol. The molecular weight excluding hydrogens is 228 g/mol. The standard InChI is InChI=1S/C13H22N4O/c1-2-3-4-12-18-13-6-8-14-7-5-10-17-11-9-15-16-17/h9,11,14H,4-8,10,12-13H2,1H3. The SMILES string of the molecule is CC#CCCOCCCNCCCn1ccnn1. The van der Waals surface area contributed by atoms with Crippen molar-refractivity contribution < 1.29 is 4.74 Å². The van der Waals surface area contributed by atoms with Gasteiger partial charge in [0.05, 0.1) is 12.8 Å². The highest BCUT2D eigenvalue weighted by atomic mass is 16.5. The highest BCUT2D eigenvalue weighted by molar-refractivity contribution is 4.94. The first-order valence-electron chi connectivity index (χ1n) is 6.45. The van der Waals surface area contributed by atoms with Crippen molar-refractivity contribution in [1.29, 1.82) is 0 Å². The molecule has 1 aromatic rings. The zero-order chi connectivity index (χ0) is 12.9. The van der Waals surface area contributed by atoms with Crippen LogP contribution < -0.4 is 5.32 Å². The molecule has 0 saturated carbocycles. The predicted molar refractivity (Wildman–Crippen MR) is 71.0 cm³/mol. The number of aryl methyl sites for hydroxylation is 1. The average Bonchev–Trinajstić information content (AvgIpc) is 2.89. The van der Waals surface area contributed by atoms with Gasteiger partial charge in [-0.3, -0.25) is 4.68 Å². The molecule has 5 nitrogen and oxygen atoms in total. The molecule has 0 spiro atoms. The molecule has 0 amide bonds. The van der Waals surface area contributed by atoms with Crippen molar-refractivity contribution in [1.82, 2.24) is 20.3 Å². The molecule has 18 heavy (non-hydrogen) atoms. The van der Waals surface area contributed by atoms with Crippen molar-refractivity contribution in [2.24, 2.45) is 0 Å². The minimum atomic E-state index is 0.743. The predicted octanol–water partition coefficient (Wildman–Crippen LogP) is 1.08. The van der Waals surface area contributed by atoms with Gasteiger partial charge in [-0.05, 0) is 32.9 Å². The number of rotatable bonds is 10. The van der Waals surface area contributed by atoms with Crippen LogP contribution in [0.3, 0.4) is 0 Å². The molecule has 0 aliphatic rings. The van der Waals surface area contributed by atoms with Crippen LogP contribution in [0.1, 0.15) is 26.2 Å². The van der Waals surface area contributed by atoms with Gasteiger partial charge in [0.1, 0.15) is 0 Å². The smallest absolute Gasteiger partial charge is 0.0692 e. The Hall–Kier alpha value is -1.38. The maximum atomic E-state index is 5.44. The van der Waals surface area contributed by atoms with Gasteiger partial charge in [-0.25, -0.2) is 0 Å². The van der Waals surface area contributed by atoms with Crippen LogP contribution in [0.2, 0.25) is 0 Å². The second kappa shape index (κ2) is 10.8. The summed E-state index contributed by atoms with van der Waals surface area (Å²) in [7, 11) is 0. The van der Waals surface area contributed by atoms with Crippen LogP contribution in [0.5, 0.6) is 0 Å². The first kappa shape index (κ1) is 14.7. The molecule has 0 aliphatic heterocycles. The average molecular weight is 250 g/mol. The fraction of sp³-hybridized carbons (Fsp3) is 0.692. The second-order valence-corrected chi connectivity index (χ2v) is 3.91. The Labute approximate surface area is 109 Å². The molecule has 0 unspecified atom stereocenters. The van der Waals surface area contributed by atoms with E-state index in [0.717, 1.165) is 52.1 Å². The van der Waals surface area contributed by atoms with Crippen LogP contribution >= 0.6 is 0 Å². The van der Waals surface area contributed by atoms with Gasteiger partial charge in [0, 0.05) is 25.8 Å². The quantitative estimate of drug-likeness (QED) is 0.499. The lowest BCUT2D eigenvalue weighted by Crippen LogP contribution is -2.19. The van der Waals surface area contributed by atoms with E-state index < -0.39 is 0 Å². The maximum absolute atomic E-state index is 5.44. The minimum absolute atomic E-state index is 0.743. The van der Waals surface area contributed by atoms with Gasteiger partial charge in [0.15, 0.2) is 0 Å². The summed E-state index contributed by atoms with van der Waals surface area (Å²) in [5, 5.41) is 11.0. The summed E-state index contributed by atoms with van der Waals surface area (Å²) in [5.41, 5.74) is 0. The van der Waals surface area contributed by atoms with E-state index in [1.54, 1.807) is 6.20 Å². The topological polar surface area (TPSA) is 52.0 Å². The van der Waals surface area contributed by atoms with Crippen LogP contribution in [-0.2, 0) is 11.3 Å². The third-order valence-corrected chi connectivity index (χ3v) is 2.40. The fourth-order valence-corrected chi connectivity index (χ4v) is 1.49. The van der Waals surface area contributed by atoms with Crippen molar-refractivity contribution in [3.05, 3.63) is 12.4 Å². The lowest BCUT2D eigenvalue weighted by molar-refractivity contribution is 0.137. The number of aromatic nitrogens is 3. The zero-order valence-electron chi connectivity index (χ0n) is 11.1. The maximum Gasteiger partial charge on any atom is 0.0692 e. The van der Waals surface area contributed by atoms with Crippen molar-refractivity contribution in [3.63, 3.8) is 0 Å². The van der Waals surface area contributed by atoms with E-state index in [1.165, 1.54) is 0 Å². The van der Waals surface area contributed by atoms with Crippen molar-refractivity contribution in [3.8, 4) is 11.8 Å². The Morgan fingerprint density at radius 2 is 2.17 bits per heavy atom. The van der Waals surface area contributed by atoms with E-state index in [4.69, 9.17) is 4.74 Å². The zero-order valence-corrected chi connectivity index (χ0v) is 11.1. The number of nitrogens with one attached hydrogen (secondary N) is 1.